The molecule has 0 spiro atoms. The molecular formula is C13H12Br2N4O. The highest BCUT2D eigenvalue weighted by Crippen LogP contribution is 2.22. The van der Waals surface area contributed by atoms with Gasteiger partial charge in [0.15, 0.2) is 5.82 Å². The maximum Gasteiger partial charge on any atom is 0.259 e. The molecule has 0 radical (unpaired) electrons. The third kappa shape index (κ3) is 3.56. The summed E-state index contributed by atoms with van der Waals surface area (Å²) < 4.78 is 1.60. The molecule has 0 aliphatic carbocycles. The Morgan fingerprint density at radius 1 is 1.20 bits per heavy atom. The van der Waals surface area contributed by atoms with Crippen LogP contribution in [0, 0.1) is 6.92 Å². The van der Waals surface area contributed by atoms with E-state index in [9.17, 15) is 4.79 Å². The molecule has 0 fully saturated rings. The van der Waals surface area contributed by atoms with Crippen LogP contribution in [0.25, 0.3) is 0 Å². The standard InChI is InChI=1S/C13H12Br2N4O/c1-7-2-8(14)4-10(3-7)18-13(20)11-5-9(15)6-17-12(11)19-16/h2-6H,16H2,1H3,(H,17,19)(H,18,20). The first-order valence-electron chi connectivity index (χ1n) is 5.70. The molecule has 2 rings (SSSR count). The maximum atomic E-state index is 12.3. The smallest absolute Gasteiger partial charge is 0.259 e. The number of hydrazine groups is 1. The number of nitrogens with two attached hydrogens (primary N) is 1. The quantitative estimate of drug-likeness (QED) is 0.545. The summed E-state index contributed by atoms with van der Waals surface area (Å²) in [6.07, 6.45) is 1.56. The predicted molar refractivity (Wildman–Crippen MR) is 86.6 cm³/mol. The Labute approximate surface area is 133 Å². The summed E-state index contributed by atoms with van der Waals surface area (Å²) in [5, 5.41) is 2.82. The highest BCUT2D eigenvalue weighted by molar-refractivity contribution is 9.10. The number of rotatable bonds is 3. The number of amides is 1. The van der Waals surface area contributed by atoms with Crippen molar-refractivity contribution in [1.29, 1.82) is 0 Å². The zero-order chi connectivity index (χ0) is 14.7. The average molecular weight is 400 g/mol. The molecule has 0 atom stereocenters. The minimum atomic E-state index is -0.288. The zero-order valence-corrected chi connectivity index (χ0v) is 13.7. The Kier molecular flexibility index (Phi) is 4.74. The lowest BCUT2D eigenvalue weighted by molar-refractivity contribution is 0.102. The SMILES string of the molecule is Cc1cc(Br)cc(NC(=O)c2cc(Br)cnc2NN)c1. The number of pyridine rings is 1. The molecule has 0 unspecified atom stereocenters. The van der Waals surface area contributed by atoms with Gasteiger partial charge in [-0.3, -0.25) is 4.79 Å². The lowest BCUT2D eigenvalue weighted by Crippen LogP contribution is -2.18. The molecule has 1 heterocycles. The number of nitrogens with one attached hydrogen (secondary N) is 2. The molecule has 1 amide bonds. The van der Waals surface area contributed by atoms with Crippen molar-refractivity contribution in [3.05, 3.63) is 50.5 Å². The molecule has 0 aliphatic heterocycles. The minimum absolute atomic E-state index is 0.288. The van der Waals surface area contributed by atoms with E-state index in [-0.39, 0.29) is 5.91 Å². The largest absolute Gasteiger partial charge is 0.322 e. The van der Waals surface area contributed by atoms with E-state index in [1.165, 1.54) is 0 Å². The summed E-state index contributed by atoms with van der Waals surface area (Å²) in [6, 6.07) is 7.32. The van der Waals surface area contributed by atoms with E-state index in [4.69, 9.17) is 5.84 Å². The normalized spacial score (nSPS) is 10.2. The van der Waals surface area contributed by atoms with E-state index in [0.717, 1.165) is 10.0 Å². The summed E-state index contributed by atoms with van der Waals surface area (Å²) >= 11 is 6.68. The molecule has 7 heteroatoms. The molecule has 20 heavy (non-hydrogen) atoms. The second-order valence-corrected chi connectivity index (χ2v) is 6.00. The van der Waals surface area contributed by atoms with Gasteiger partial charge in [-0.2, -0.15) is 0 Å². The number of nitrogen functional groups attached to an aromatic ring is 1. The fourth-order valence-electron chi connectivity index (χ4n) is 1.73. The van der Waals surface area contributed by atoms with E-state index in [1.807, 2.05) is 25.1 Å². The van der Waals surface area contributed by atoms with Gasteiger partial charge in [0.05, 0.1) is 5.56 Å². The van der Waals surface area contributed by atoms with E-state index in [2.05, 4.69) is 47.6 Å². The van der Waals surface area contributed by atoms with Crippen LogP contribution >= 0.6 is 31.9 Å². The lowest BCUT2D eigenvalue weighted by atomic mass is 10.2. The van der Waals surface area contributed by atoms with Gasteiger partial charge in [-0.25, -0.2) is 10.8 Å². The van der Waals surface area contributed by atoms with Gasteiger partial charge in [0.1, 0.15) is 0 Å². The zero-order valence-electron chi connectivity index (χ0n) is 10.6. The predicted octanol–water partition coefficient (Wildman–Crippen LogP) is 3.45. The fraction of sp³-hybridized carbons (Fsp3) is 0.0769. The van der Waals surface area contributed by atoms with Crippen molar-refractivity contribution >= 4 is 49.3 Å². The van der Waals surface area contributed by atoms with E-state index < -0.39 is 0 Å². The molecule has 5 nitrogen and oxygen atoms in total. The van der Waals surface area contributed by atoms with Crippen LogP contribution in [0.15, 0.2) is 39.4 Å². The van der Waals surface area contributed by atoms with Crippen molar-refractivity contribution in [1.82, 2.24) is 4.98 Å². The Balaban J connectivity index is 2.30. The van der Waals surface area contributed by atoms with Crippen LogP contribution in [-0.2, 0) is 0 Å². The van der Waals surface area contributed by atoms with Crippen LogP contribution in [0.5, 0.6) is 0 Å². The van der Waals surface area contributed by atoms with Crippen LogP contribution in [-0.4, -0.2) is 10.9 Å². The fourth-order valence-corrected chi connectivity index (χ4v) is 2.67. The number of halogens is 2. The van der Waals surface area contributed by atoms with Gasteiger partial charge in [-0.05, 0) is 52.7 Å². The maximum absolute atomic E-state index is 12.3. The first-order valence-corrected chi connectivity index (χ1v) is 7.29. The van der Waals surface area contributed by atoms with E-state index in [0.29, 0.717) is 21.5 Å². The number of hydrogen-bond acceptors (Lipinski definition) is 4. The molecule has 0 saturated heterocycles. The summed E-state index contributed by atoms with van der Waals surface area (Å²) in [5.74, 6) is 5.39. The summed E-state index contributed by atoms with van der Waals surface area (Å²) in [5.41, 5.74) is 4.51. The Hall–Kier alpha value is -1.44. The van der Waals surface area contributed by atoms with Crippen molar-refractivity contribution in [3.63, 3.8) is 0 Å². The summed E-state index contributed by atoms with van der Waals surface area (Å²) in [7, 11) is 0. The van der Waals surface area contributed by atoms with Crippen molar-refractivity contribution in [2.75, 3.05) is 10.7 Å². The molecule has 0 aliphatic rings. The van der Waals surface area contributed by atoms with Gasteiger partial charge in [0.25, 0.3) is 5.91 Å². The topological polar surface area (TPSA) is 80.0 Å². The number of carbonyl (C=O) groups excluding carboxylic acids is 1. The number of aryl methyl sites for hydroxylation is 1. The number of hydrogen-bond donors (Lipinski definition) is 3. The van der Waals surface area contributed by atoms with Crippen LogP contribution in [0.1, 0.15) is 15.9 Å². The van der Waals surface area contributed by atoms with Crippen molar-refractivity contribution in [2.45, 2.75) is 6.92 Å². The van der Waals surface area contributed by atoms with E-state index >= 15 is 0 Å². The third-order valence-electron chi connectivity index (χ3n) is 2.54. The van der Waals surface area contributed by atoms with Gasteiger partial charge in [0.2, 0.25) is 0 Å². The van der Waals surface area contributed by atoms with Gasteiger partial charge in [-0.15, -0.1) is 0 Å². The summed E-state index contributed by atoms with van der Waals surface area (Å²) in [4.78, 5) is 16.3. The molecule has 0 bridgehead atoms. The van der Waals surface area contributed by atoms with Crippen molar-refractivity contribution in [2.24, 2.45) is 5.84 Å². The highest BCUT2D eigenvalue weighted by Gasteiger charge is 2.13. The van der Waals surface area contributed by atoms with Gasteiger partial charge >= 0.3 is 0 Å². The molecule has 104 valence electrons. The van der Waals surface area contributed by atoms with Crippen LogP contribution in [0.4, 0.5) is 11.5 Å². The van der Waals surface area contributed by atoms with Crippen LogP contribution < -0.4 is 16.6 Å². The third-order valence-corrected chi connectivity index (χ3v) is 3.43. The van der Waals surface area contributed by atoms with Crippen molar-refractivity contribution in [3.8, 4) is 0 Å². The molecule has 1 aromatic heterocycles. The molecule has 4 N–H and O–H groups in total. The second-order valence-electron chi connectivity index (χ2n) is 4.17. The van der Waals surface area contributed by atoms with Gasteiger partial charge in [0, 0.05) is 20.8 Å². The molecule has 1 aromatic carbocycles. The van der Waals surface area contributed by atoms with Crippen LogP contribution in [0.3, 0.4) is 0 Å². The second kappa shape index (κ2) is 6.34. The number of benzene rings is 1. The number of anilines is 2. The lowest BCUT2D eigenvalue weighted by Gasteiger charge is -2.10. The Bertz CT molecular complexity index is 641. The number of nitrogens with zero attached hydrogens (tertiary/aromatic N) is 1. The molecular weight excluding hydrogens is 388 g/mol. The molecule has 0 saturated carbocycles. The number of carbonyl (C=O) groups is 1. The van der Waals surface area contributed by atoms with Crippen molar-refractivity contribution < 1.29 is 4.79 Å². The van der Waals surface area contributed by atoms with Crippen LogP contribution in [0.2, 0.25) is 0 Å². The molecule has 2 aromatic rings. The van der Waals surface area contributed by atoms with E-state index in [1.54, 1.807) is 12.3 Å². The average Bonchev–Trinajstić information content (AvgIpc) is 2.37. The monoisotopic (exact) mass is 398 g/mol. The highest BCUT2D eigenvalue weighted by atomic mass is 79.9. The number of aromatic nitrogens is 1. The first-order chi connectivity index (χ1) is 9.49. The van der Waals surface area contributed by atoms with Gasteiger partial charge < -0.3 is 10.7 Å². The first kappa shape index (κ1) is 15.0. The minimum Gasteiger partial charge on any atom is -0.322 e. The Morgan fingerprint density at radius 3 is 2.60 bits per heavy atom. The summed E-state index contributed by atoms with van der Waals surface area (Å²) in [6.45, 7) is 1.95. The van der Waals surface area contributed by atoms with Gasteiger partial charge in [-0.1, -0.05) is 15.9 Å². The Morgan fingerprint density at radius 2 is 1.95 bits per heavy atom.